The second-order valence-corrected chi connectivity index (χ2v) is 2.73. The summed E-state index contributed by atoms with van der Waals surface area (Å²) in [7, 11) is 0. The fourth-order valence-corrected chi connectivity index (χ4v) is 0.836. The van der Waals surface area contributed by atoms with Gasteiger partial charge < -0.3 is 0 Å². The molecule has 0 aliphatic carbocycles. The maximum atomic E-state index is 3.65. The lowest BCUT2D eigenvalue weighted by atomic mass is 10.1. The zero-order chi connectivity index (χ0) is 8.53. The molecule has 62 valence electrons. The largest absolute Gasteiger partial charge is 0.103 e. The number of allylic oxidation sites excluding steroid dienone is 5. The minimum atomic E-state index is 0.658. The van der Waals surface area contributed by atoms with E-state index in [1.807, 2.05) is 6.08 Å². The highest BCUT2D eigenvalue weighted by molar-refractivity contribution is 4.94. The van der Waals surface area contributed by atoms with Gasteiger partial charge in [0.05, 0.1) is 0 Å². The Morgan fingerprint density at radius 1 is 1.36 bits per heavy atom. The van der Waals surface area contributed by atoms with Gasteiger partial charge in [-0.25, -0.2) is 0 Å². The predicted octanol–water partition coefficient (Wildman–Crippen LogP) is 3.72. The Morgan fingerprint density at radius 2 is 2.09 bits per heavy atom. The van der Waals surface area contributed by atoms with Crippen LogP contribution in [0.15, 0.2) is 37.0 Å². The van der Waals surface area contributed by atoms with Gasteiger partial charge in [-0.1, -0.05) is 37.3 Å². The highest BCUT2D eigenvalue weighted by Gasteiger charge is 1.90. The molecule has 0 aliphatic heterocycles. The smallest absolute Gasteiger partial charge is 0.0172 e. The SMILES string of the molecule is C=CCC=CC(C)CC=CC. The van der Waals surface area contributed by atoms with E-state index in [9.17, 15) is 0 Å². The van der Waals surface area contributed by atoms with Crippen LogP contribution in [0.1, 0.15) is 26.7 Å². The summed E-state index contributed by atoms with van der Waals surface area (Å²) < 4.78 is 0. The Bertz CT molecular complexity index is 140. The van der Waals surface area contributed by atoms with E-state index < -0.39 is 0 Å². The summed E-state index contributed by atoms with van der Waals surface area (Å²) in [5, 5.41) is 0. The van der Waals surface area contributed by atoms with Gasteiger partial charge in [0.25, 0.3) is 0 Å². The van der Waals surface area contributed by atoms with Crippen molar-refractivity contribution in [1.82, 2.24) is 0 Å². The van der Waals surface area contributed by atoms with Gasteiger partial charge in [0.1, 0.15) is 0 Å². The van der Waals surface area contributed by atoms with Crippen molar-refractivity contribution in [2.24, 2.45) is 5.92 Å². The van der Waals surface area contributed by atoms with Crippen molar-refractivity contribution in [3.05, 3.63) is 37.0 Å². The summed E-state index contributed by atoms with van der Waals surface area (Å²) >= 11 is 0. The van der Waals surface area contributed by atoms with Crippen molar-refractivity contribution in [3.63, 3.8) is 0 Å². The van der Waals surface area contributed by atoms with Crippen LogP contribution in [0.2, 0.25) is 0 Å². The number of hydrogen-bond donors (Lipinski definition) is 0. The highest BCUT2D eigenvalue weighted by Crippen LogP contribution is 2.04. The fraction of sp³-hybridized carbons (Fsp3) is 0.455. The van der Waals surface area contributed by atoms with Crippen molar-refractivity contribution in [2.45, 2.75) is 26.7 Å². The molecular formula is C11H18. The molecular weight excluding hydrogens is 132 g/mol. The van der Waals surface area contributed by atoms with Gasteiger partial charge in [-0.2, -0.15) is 0 Å². The molecule has 0 fully saturated rings. The van der Waals surface area contributed by atoms with E-state index >= 15 is 0 Å². The molecule has 0 radical (unpaired) electrons. The van der Waals surface area contributed by atoms with Crippen molar-refractivity contribution in [2.75, 3.05) is 0 Å². The summed E-state index contributed by atoms with van der Waals surface area (Å²) in [6.45, 7) is 7.93. The lowest BCUT2D eigenvalue weighted by molar-refractivity contribution is 0.741. The molecule has 0 aromatic heterocycles. The molecule has 0 aromatic rings. The topological polar surface area (TPSA) is 0 Å². The van der Waals surface area contributed by atoms with Crippen LogP contribution in [0.25, 0.3) is 0 Å². The molecule has 11 heavy (non-hydrogen) atoms. The standard InChI is InChI=1S/C11H18/c1-4-6-8-10-11(3)9-7-5-2/h4-5,7-8,10-11H,1,6,9H2,2-3H3. The first kappa shape index (κ1) is 10.2. The second-order valence-electron chi connectivity index (χ2n) is 2.73. The molecule has 0 aliphatic rings. The minimum absolute atomic E-state index is 0.658. The molecule has 0 heterocycles. The minimum Gasteiger partial charge on any atom is -0.103 e. The van der Waals surface area contributed by atoms with Crippen LogP contribution >= 0.6 is 0 Å². The van der Waals surface area contributed by atoms with E-state index in [0.717, 1.165) is 12.8 Å². The third kappa shape index (κ3) is 7.11. The number of hydrogen-bond acceptors (Lipinski definition) is 0. The zero-order valence-corrected chi connectivity index (χ0v) is 7.59. The van der Waals surface area contributed by atoms with Gasteiger partial charge in [0.15, 0.2) is 0 Å². The Morgan fingerprint density at radius 3 is 2.64 bits per heavy atom. The van der Waals surface area contributed by atoms with Crippen LogP contribution in [0, 0.1) is 5.92 Å². The average Bonchev–Trinajstić information content (AvgIpc) is 2.01. The third-order valence-electron chi connectivity index (χ3n) is 1.51. The zero-order valence-electron chi connectivity index (χ0n) is 7.59. The third-order valence-corrected chi connectivity index (χ3v) is 1.51. The summed E-state index contributed by atoms with van der Waals surface area (Å²) in [4.78, 5) is 0. The maximum Gasteiger partial charge on any atom is -0.0172 e. The van der Waals surface area contributed by atoms with Crippen molar-refractivity contribution in [3.8, 4) is 0 Å². The monoisotopic (exact) mass is 150 g/mol. The first-order valence-corrected chi connectivity index (χ1v) is 4.20. The predicted molar refractivity (Wildman–Crippen MR) is 52.5 cm³/mol. The van der Waals surface area contributed by atoms with Gasteiger partial charge in [-0.05, 0) is 25.7 Å². The van der Waals surface area contributed by atoms with Gasteiger partial charge in [0.2, 0.25) is 0 Å². The average molecular weight is 150 g/mol. The molecule has 0 heteroatoms. The molecule has 0 spiro atoms. The van der Waals surface area contributed by atoms with Crippen molar-refractivity contribution in [1.29, 1.82) is 0 Å². The van der Waals surface area contributed by atoms with Gasteiger partial charge >= 0.3 is 0 Å². The van der Waals surface area contributed by atoms with E-state index in [4.69, 9.17) is 0 Å². The lowest BCUT2D eigenvalue weighted by Crippen LogP contribution is -1.84. The summed E-state index contributed by atoms with van der Waals surface area (Å²) in [5.74, 6) is 0.658. The molecule has 0 amide bonds. The number of rotatable bonds is 5. The molecule has 0 N–H and O–H groups in total. The van der Waals surface area contributed by atoms with E-state index in [1.54, 1.807) is 0 Å². The van der Waals surface area contributed by atoms with Crippen molar-refractivity contribution >= 4 is 0 Å². The van der Waals surface area contributed by atoms with Crippen molar-refractivity contribution < 1.29 is 0 Å². The first-order valence-electron chi connectivity index (χ1n) is 4.20. The van der Waals surface area contributed by atoms with Crippen LogP contribution in [-0.4, -0.2) is 0 Å². The van der Waals surface area contributed by atoms with E-state index in [-0.39, 0.29) is 0 Å². The Balaban J connectivity index is 3.49. The van der Waals surface area contributed by atoms with E-state index in [0.29, 0.717) is 5.92 Å². The Hall–Kier alpha value is -0.780. The molecule has 0 nitrogen and oxygen atoms in total. The Labute approximate surface area is 70.3 Å². The first-order chi connectivity index (χ1) is 5.31. The van der Waals surface area contributed by atoms with Crippen LogP contribution in [0.4, 0.5) is 0 Å². The summed E-state index contributed by atoms with van der Waals surface area (Å²) in [6, 6.07) is 0. The van der Waals surface area contributed by atoms with Gasteiger partial charge in [-0.15, -0.1) is 6.58 Å². The highest BCUT2D eigenvalue weighted by atomic mass is 14.0. The Kier molecular flexibility index (Phi) is 6.81. The summed E-state index contributed by atoms with van der Waals surface area (Å²) in [5.41, 5.74) is 0. The second kappa shape index (κ2) is 7.33. The van der Waals surface area contributed by atoms with E-state index in [1.165, 1.54) is 0 Å². The van der Waals surface area contributed by atoms with Crippen LogP contribution in [0.5, 0.6) is 0 Å². The fourth-order valence-electron chi connectivity index (χ4n) is 0.836. The van der Waals surface area contributed by atoms with Crippen LogP contribution < -0.4 is 0 Å². The quantitative estimate of drug-likeness (QED) is 0.524. The van der Waals surface area contributed by atoms with Gasteiger partial charge in [0, 0.05) is 0 Å². The normalized spacial score (nSPS) is 14.4. The summed E-state index contributed by atoms with van der Waals surface area (Å²) in [6.07, 6.45) is 12.7. The maximum absolute atomic E-state index is 3.65. The van der Waals surface area contributed by atoms with E-state index in [2.05, 4.69) is 44.7 Å². The molecule has 0 saturated heterocycles. The molecule has 0 bridgehead atoms. The molecule has 1 atom stereocenters. The van der Waals surface area contributed by atoms with Crippen LogP contribution in [-0.2, 0) is 0 Å². The molecule has 1 unspecified atom stereocenters. The lowest BCUT2D eigenvalue weighted by Gasteiger charge is -1.99. The molecule has 0 rings (SSSR count). The van der Waals surface area contributed by atoms with Crippen LogP contribution in [0.3, 0.4) is 0 Å². The molecule has 0 aromatic carbocycles. The molecule has 0 saturated carbocycles. The van der Waals surface area contributed by atoms with Gasteiger partial charge in [-0.3, -0.25) is 0 Å².